The van der Waals surface area contributed by atoms with Gasteiger partial charge in [0.05, 0.1) is 10.6 Å². The highest BCUT2D eigenvalue weighted by atomic mass is 35.5. The zero-order valence-electron chi connectivity index (χ0n) is 7.14. The van der Waals surface area contributed by atoms with Crippen LogP contribution in [0.4, 0.5) is 8.78 Å². The molecule has 0 aliphatic heterocycles. The molecule has 1 rings (SSSR count). The molecule has 0 aliphatic carbocycles. The van der Waals surface area contributed by atoms with E-state index in [2.05, 4.69) is 4.74 Å². The van der Waals surface area contributed by atoms with Gasteiger partial charge in [0.25, 0.3) is 5.91 Å². The van der Waals surface area contributed by atoms with Crippen LogP contribution in [0.2, 0.25) is 10.0 Å². The van der Waals surface area contributed by atoms with Gasteiger partial charge in [0.1, 0.15) is 0 Å². The summed E-state index contributed by atoms with van der Waals surface area (Å²) in [6.07, 6.45) is 0. The molecule has 15 heavy (non-hydrogen) atoms. The highest BCUT2D eigenvalue weighted by Crippen LogP contribution is 2.33. The highest BCUT2D eigenvalue weighted by molar-refractivity contribution is 6.36. The van der Waals surface area contributed by atoms with Gasteiger partial charge in [-0.2, -0.15) is 8.78 Å². The number of primary amides is 1. The van der Waals surface area contributed by atoms with Crippen LogP contribution >= 0.6 is 23.2 Å². The number of hydrogen-bond acceptors (Lipinski definition) is 2. The van der Waals surface area contributed by atoms with Crippen molar-refractivity contribution in [2.24, 2.45) is 5.73 Å². The fourth-order valence-electron chi connectivity index (χ4n) is 0.952. The summed E-state index contributed by atoms with van der Waals surface area (Å²) in [5.41, 5.74) is 4.66. The van der Waals surface area contributed by atoms with Gasteiger partial charge in [-0.1, -0.05) is 23.2 Å². The number of ether oxygens (including phenoxy) is 1. The van der Waals surface area contributed by atoms with E-state index in [1.54, 1.807) is 0 Å². The second-order valence-corrected chi connectivity index (χ2v) is 3.35. The molecule has 7 heteroatoms. The van der Waals surface area contributed by atoms with Crippen LogP contribution in [0.3, 0.4) is 0 Å². The zero-order chi connectivity index (χ0) is 11.6. The van der Waals surface area contributed by atoms with Gasteiger partial charge in [-0.05, 0) is 12.1 Å². The molecular weight excluding hydrogens is 251 g/mol. The maximum Gasteiger partial charge on any atom is 0.387 e. The van der Waals surface area contributed by atoms with E-state index in [0.29, 0.717) is 0 Å². The summed E-state index contributed by atoms with van der Waals surface area (Å²) >= 11 is 11.1. The van der Waals surface area contributed by atoms with Crippen molar-refractivity contribution in [1.29, 1.82) is 0 Å². The van der Waals surface area contributed by atoms with Crippen molar-refractivity contribution in [3.05, 3.63) is 27.7 Å². The molecule has 0 saturated carbocycles. The molecule has 2 N–H and O–H groups in total. The van der Waals surface area contributed by atoms with Gasteiger partial charge in [-0.15, -0.1) is 0 Å². The van der Waals surface area contributed by atoms with Crippen molar-refractivity contribution in [2.75, 3.05) is 0 Å². The fraction of sp³-hybridized carbons (Fsp3) is 0.125. The molecular formula is C8H5Cl2F2NO2. The Morgan fingerprint density at radius 3 is 2.47 bits per heavy atom. The Kier molecular flexibility index (Phi) is 3.71. The Morgan fingerprint density at radius 2 is 2.00 bits per heavy atom. The number of alkyl halides is 2. The monoisotopic (exact) mass is 255 g/mol. The van der Waals surface area contributed by atoms with Gasteiger partial charge >= 0.3 is 6.61 Å². The summed E-state index contributed by atoms with van der Waals surface area (Å²) in [4.78, 5) is 10.9. The number of nitrogens with two attached hydrogens (primary N) is 1. The van der Waals surface area contributed by atoms with Crippen molar-refractivity contribution in [1.82, 2.24) is 0 Å². The predicted molar refractivity (Wildman–Crippen MR) is 51.6 cm³/mol. The number of carbonyl (C=O) groups excluding carboxylic acids is 1. The molecule has 0 aromatic heterocycles. The minimum absolute atomic E-state index is 0.107. The van der Waals surface area contributed by atoms with E-state index >= 15 is 0 Å². The number of carbonyl (C=O) groups is 1. The first-order valence-electron chi connectivity index (χ1n) is 3.65. The van der Waals surface area contributed by atoms with Crippen LogP contribution in [0.25, 0.3) is 0 Å². The number of hydrogen-bond donors (Lipinski definition) is 1. The Morgan fingerprint density at radius 1 is 1.40 bits per heavy atom. The Balaban J connectivity index is 3.27. The lowest BCUT2D eigenvalue weighted by Crippen LogP contribution is -2.15. The van der Waals surface area contributed by atoms with E-state index in [4.69, 9.17) is 28.9 Å². The van der Waals surface area contributed by atoms with E-state index in [9.17, 15) is 13.6 Å². The molecule has 0 radical (unpaired) electrons. The largest absolute Gasteiger partial charge is 0.432 e. The lowest BCUT2D eigenvalue weighted by Gasteiger charge is -2.10. The first-order valence-corrected chi connectivity index (χ1v) is 4.41. The first kappa shape index (κ1) is 12.0. The minimum atomic E-state index is -3.10. The van der Waals surface area contributed by atoms with Crippen molar-refractivity contribution < 1.29 is 18.3 Å². The summed E-state index contributed by atoms with van der Waals surface area (Å²) in [6.45, 7) is -3.10. The van der Waals surface area contributed by atoms with Crippen LogP contribution in [-0.4, -0.2) is 12.5 Å². The van der Waals surface area contributed by atoms with Gasteiger partial charge in [-0.25, -0.2) is 0 Å². The Hall–Kier alpha value is -1.07. The highest BCUT2D eigenvalue weighted by Gasteiger charge is 2.18. The van der Waals surface area contributed by atoms with Gasteiger partial charge in [0, 0.05) is 5.02 Å². The molecule has 0 aliphatic rings. The first-order chi connectivity index (χ1) is 6.91. The summed E-state index contributed by atoms with van der Waals surface area (Å²) in [5.74, 6) is -1.42. The van der Waals surface area contributed by atoms with Crippen LogP contribution in [0.1, 0.15) is 10.4 Å². The van der Waals surface area contributed by atoms with Crippen molar-refractivity contribution >= 4 is 29.1 Å². The normalized spacial score (nSPS) is 10.5. The van der Waals surface area contributed by atoms with E-state index in [0.717, 1.165) is 6.07 Å². The third kappa shape index (κ3) is 2.94. The van der Waals surface area contributed by atoms with E-state index < -0.39 is 18.3 Å². The topological polar surface area (TPSA) is 52.3 Å². The van der Waals surface area contributed by atoms with E-state index in [1.165, 1.54) is 6.07 Å². The molecule has 3 nitrogen and oxygen atoms in total. The smallest absolute Gasteiger partial charge is 0.387 e. The van der Waals surface area contributed by atoms with Gasteiger partial charge in [0.2, 0.25) is 0 Å². The minimum Gasteiger partial charge on any atom is -0.432 e. The summed E-state index contributed by atoms with van der Waals surface area (Å²) in [5, 5.41) is -0.0907. The third-order valence-corrected chi connectivity index (χ3v) is 1.98. The third-order valence-electron chi connectivity index (χ3n) is 1.48. The molecule has 82 valence electrons. The number of halogens is 4. The summed E-state index contributed by atoms with van der Waals surface area (Å²) in [7, 11) is 0. The lowest BCUT2D eigenvalue weighted by molar-refractivity contribution is -0.0500. The SMILES string of the molecule is NC(=O)c1cc(Cl)cc(Cl)c1OC(F)F. The molecule has 1 amide bonds. The summed E-state index contributed by atoms with van der Waals surface area (Å²) in [6, 6.07) is 2.28. The van der Waals surface area contributed by atoms with Crippen LogP contribution in [0.5, 0.6) is 5.75 Å². The standard InChI is InChI=1S/C8H5Cl2F2NO2/c9-3-1-4(7(13)14)6(5(10)2-3)15-8(11)12/h1-2,8H,(H2,13,14). The van der Waals surface area contributed by atoms with E-state index in [-0.39, 0.29) is 15.6 Å². The second kappa shape index (κ2) is 4.63. The Labute approximate surface area is 93.7 Å². The molecule has 0 bridgehead atoms. The van der Waals surface area contributed by atoms with Crippen LogP contribution in [0.15, 0.2) is 12.1 Å². The number of amides is 1. The van der Waals surface area contributed by atoms with Gasteiger partial charge in [0.15, 0.2) is 5.75 Å². The molecule has 0 fully saturated rings. The molecule has 1 aromatic carbocycles. The van der Waals surface area contributed by atoms with Crippen molar-refractivity contribution in [3.63, 3.8) is 0 Å². The average Bonchev–Trinajstić information content (AvgIpc) is 2.08. The predicted octanol–water partition coefficient (Wildman–Crippen LogP) is 2.69. The molecule has 0 saturated heterocycles. The van der Waals surface area contributed by atoms with Crippen molar-refractivity contribution in [3.8, 4) is 5.75 Å². The maximum absolute atomic E-state index is 12.0. The van der Waals surface area contributed by atoms with Gasteiger partial charge in [-0.3, -0.25) is 4.79 Å². The maximum atomic E-state index is 12.0. The number of benzene rings is 1. The Bertz CT molecular complexity index is 398. The summed E-state index contributed by atoms with van der Waals surface area (Å²) < 4.78 is 28.0. The molecule has 0 unspecified atom stereocenters. The molecule has 0 spiro atoms. The average molecular weight is 256 g/mol. The van der Waals surface area contributed by atoms with Gasteiger partial charge < -0.3 is 10.5 Å². The van der Waals surface area contributed by atoms with Crippen LogP contribution in [0, 0.1) is 0 Å². The fourth-order valence-corrected chi connectivity index (χ4v) is 1.49. The molecule has 0 atom stereocenters. The molecule has 1 aromatic rings. The lowest BCUT2D eigenvalue weighted by atomic mass is 10.2. The quantitative estimate of drug-likeness (QED) is 0.903. The van der Waals surface area contributed by atoms with E-state index in [1.807, 2.05) is 0 Å². The van der Waals surface area contributed by atoms with Crippen LogP contribution < -0.4 is 10.5 Å². The number of rotatable bonds is 3. The molecule has 0 heterocycles. The van der Waals surface area contributed by atoms with Crippen LogP contribution in [-0.2, 0) is 0 Å². The second-order valence-electron chi connectivity index (χ2n) is 2.51. The zero-order valence-corrected chi connectivity index (χ0v) is 8.65. The van der Waals surface area contributed by atoms with Crippen molar-refractivity contribution in [2.45, 2.75) is 6.61 Å².